The third-order valence-corrected chi connectivity index (χ3v) is 2.13. The number of ether oxygens (including phenoxy) is 1. The Morgan fingerprint density at radius 3 is 2.40 bits per heavy atom. The summed E-state index contributed by atoms with van der Waals surface area (Å²) in [6.07, 6.45) is -2.40. The molecule has 0 radical (unpaired) electrons. The van der Waals surface area contributed by atoms with E-state index in [1.807, 2.05) is 0 Å². The highest BCUT2D eigenvalue weighted by atomic mass is 35.5. The van der Waals surface area contributed by atoms with Crippen LogP contribution < -0.4 is 0 Å². The molecule has 110 valence electrons. The van der Waals surface area contributed by atoms with Crippen molar-refractivity contribution < 1.29 is 22.7 Å². The molecule has 20 heavy (non-hydrogen) atoms. The number of pyridine rings is 1. The second kappa shape index (κ2) is 5.83. The predicted molar refractivity (Wildman–Crippen MR) is 69.1 cm³/mol. The monoisotopic (exact) mass is 307 g/mol. The van der Waals surface area contributed by atoms with Crippen molar-refractivity contribution in [1.29, 1.82) is 0 Å². The lowest BCUT2D eigenvalue weighted by Gasteiger charge is -2.17. The van der Waals surface area contributed by atoms with Gasteiger partial charge in [0.05, 0.1) is 11.3 Å². The Kier molecular flexibility index (Phi) is 4.81. The molecular weight excluding hydrogens is 295 g/mol. The predicted octanol–water partition coefficient (Wildman–Crippen LogP) is 4.11. The van der Waals surface area contributed by atoms with Gasteiger partial charge in [-0.1, -0.05) is 11.6 Å². The van der Waals surface area contributed by atoms with Crippen LogP contribution in [0.15, 0.2) is 18.2 Å². The molecule has 0 aromatic carbocycles. The zero-order valence-corrected chi connectivity index (χ0v) is 11.8. The lowest BCUT2D eigenvalue weighted by atomic mass is 10.2. The third-order valence-electron chi connectivity index (χ3n) is 1.94. The number of alkyl halides is 3. The van der Waals surface area contributed by atoms with Crippen LogP contribution in [-0.4, -0.2) is 16.6 Å². The van der Waals surface area contributed by atoms with E-state index in [0.29, 0.717) is 6.07 Å². The number of nitrogens with zero attached hydrogens (tertiary/aromatic N) is 1. The first-order valence-electron chi connectivity index (χ1n) is 5.63. The van der Waals surface area contributed by atoms with Crippen LogP contribution >= 0.6 is 11.6 Å². The Morgan fingerprint density at radius 1 is 1.30 bits per heavy atom. The van der Waals surface area contributed by atoms with Gasteiger partial charge in [0.15, 0.2) is 0 Å². The summed E-state index contributed by atoms with van der Waals surface area (Å²) in [4.78, 5) is 15.1. The van der Waals surface area contributed by atoms with Crippen LogP contribution in [0.2, 0.25) is 5.15 Å². The van der Waals surface area contributed by atoms with Gasteiger partial charge in [0.2, 0.25) is 0 Å². The molecule has 3 nitrogen and oxygen atoms in total. The molecule has 0 saturated carbocycles. The summed E-state index contributed by atoms with van der Waals surface area (Å²) in [6, 6.07) is 1.51. The molecule has 0 aliphatic rings. The highest BCUT2D eigenvalue weighted by Gasteiger charge is 2.31. The van der Waals surface area contributed by atoms with E-state index in [4.69, 9.17) is 16.3 Å². The van der Waals surface area contributed by atoms with Gasteiger partial charge in [0, 0.05) is 6.08 Å². The number of carbonyl (C=O) groups is 1. The van der Waals surface area contributed by atoms with Crippen molar-refractivity contribution in [2.75, 3.05) is 0 Å². The summed E-state index contributed by atoms with van der Waals surface area (Å²) >= 11 is 5.52. The van der Waals surface area contributed by atoms with Gasteiger partial charge in [-0.15, -0.1) is 0 Å². The molecule has 0 amide bonds. The van der Waals surface area contributed by atoms with Crippen molar-refractivity contribution in [2.24, 2.45) is 0 Å². The van der Waals surface area contributed by atoms with Gasteiger partial charge in [-0.3, -0.25) is 0 Å². The summed E-state index contributed by atoms with van der Waals surface area (Å²) in [5, 5.41) is -0.302. The minimum absolute atomic E-state index is 0.0734. The molecule has 0 unspecified atom stereocenters. The molecule has 1 heterocycles. The Morgan fingerprint density at radius 2 is 1.90 bits per heavy atom. The SMILES string of the molecule is CC(C)(C)OC(=O)/C=C/c1cc(C(F)(F)F)cc(Cl)n1. The standard InChI is InChI=1S/C13H13ClF3NO2/c1-12(2,3)20-11(19)5-4-9-6-8(13(15,16)17)7-10(14)18-9/h4-7H,1-3H3/b5-4+. The number of hydrogen-bond acceptors (Lipinski definition) is 3. The molecule has 7 heteroatoms. The molecule has 0 aliphatic heterocycles. The van der Waals surface area contributed by atoms with E-state index in [-0.39, 0.29) is 10.8 Å². The third kappa shape index (κ3) is 5.61. The maximum Gasteiger partial charge on any atom is 0.416 e. The molecule has 1 aromatic rings. The average molecular weight is 308 g/mol. The Labute approximate surface area is 119 Å². The molecule has 0 spiro atoms. The van der Waals surface area contributed by atoms with Crippen LogP contribution in [0.1, 0.15) is 32.0 Å². The van der Waals surface area contributed by atoms with Gasteiger partial charge in [0.25, 0.3) is 0 Å². The number of halogens is 4. The Hall–Kier alpha value is -1.56. The fraction of sp³-hybridized carbons (Fsp3) is 0.385. The zero-order chi connectivity index (χ0) is 15.6. The van der Waals surface area contributed by atoms with E-state index >= 15 is 0 Å². The van der Waals surface area contributed by atoms with Crippen molar-refractivity contribution in [3.05, 3.63) is 34.6 Å². The van der Waals surface area contributed by atoms with Crippen LogP contribution in [-0.2, 0) is 15.7 Å². The fourth-order valence-corrected chi connectivity index (χ4v) is 1.47. The summed E-state index contributed by atoms with van der Waals surface area (Å²) in [5.41, 5.74) is -1.68. The number of carbonyl (C=O) groups excluding carboxylic acids is 1. The van der Waals surface area contributed by atoms with Crippen LogP contribution in [0.5, 0.6) is 0 Å². The van der Waals surface area contributed by atoms with Crippen LogP contribution in [0.4, 0.5) is 13.2 Å². The van der Waals surface area contributed by atoms with Gasteiger partial charge >= 0.3 is 12.1 Å². The lowest BCUT2D eigenvalue weighted by molar-refractivity contribution is -0.148. The first kappa shape index (κ1) is 16.5. The Balaban J connectivity index is 2.93. The highest BCUT2D eigenvalue weighted by molar-refractivity contribution is 6.29. The molecular formula is C13H13ClF3NO2. The number of aromatic nitrogens is 1. The van der Waals surface area contributed by atoms with Crippen molar-refractivity contribution in [2.45, 2.75) is 32.5 Å². The molecule has 0 N–H and O–H groups in total. The summed E-state index contributed by atoms with van der Waals surface area (Å²) in [5.74, 6) is -0.673. The molecule has 1 rings (SSSR count). The van der Waals surface area contributed by atoms with Crippen molar-refractivity contribution in [3.63, 3.8) is 0 Å². The second-order valence-electron chi connectivity index (χ2n) is 4.97. The van der Waals surface area contributed by atoms with Crippen LogP contribution in [0, 0.1) is 0 Å². The first-order chi connectivity index (χ1) is 8.97. The fourth-order valence-electron chi connectivity index (χ4n) is 1.26. The molecule has 0 bridgehead atoms. The van der Waals surface area contributed by atoms with E-state index in [9.17, 15) is 18.0 Å². The van der Waals surface area contributed by atoms with E-state index in [1.54, 1.807) is 20.8 Å². The van der Waals surface area contributed by atoms with Crippen LogP contribution in [0.25, 0.3) is 6.08 Å². The summed E-state index contributed by atoms with van der Waals surface area (Å²) in [7, 11) is 0. The molecule has 0 atom stereocenters. The first-order valence-corrected chi connectivity index (χ1v) is 6.01. The second-order valence-corrected chi connectivity index (χ2v) is 5.36. The van der Waals surface area contributed by atoms with Crippen molar-refractivity contribution in [3.8, 4) is 0 Å². The van der Waals surface area contributed by atoms with Crippen molar-refractivity contribution >= 4 is 23.6 Å². The lowest BCUT2D eigenvalue weighted by Crippen LogP contribution is -2.22. The van der Waals surface area contributed by atoms with E-state index in [0.717, 1.165) is 18.2 Å². The minimum atomic E-state index is -4.53. The van der Waals surface area contributed by atoms with Gasteiger partial charge < -0.3 is 4.74 Å². The summed E-state index contributed by atoms with van der Waals surface area (Å²) in [6.45, 7) is 5.04. The van der Waals surface area contributed by atoms with Gasteiger partial charge in [0.1, 0.15) is 10.8 Å². The zero-order valence-electron chi connectivity index (χ0n) is 11.1. The van der Waals surface area contributed by atoms with Crippen LogP contribution in [0.3, 0.4) is 0 Å². The van der Waals surface area contributed by atoms with Gasteiger partial charge in [-0.2, -0.15) is 13.2 Å². The smallest absolute Gasteiger partial charge is 0.416 e. The number of rotatable bonds is 2. The molecule has 1 aromatic heterocycles. The van der Waals surface area contributed by atoms with Gasteiger partial charge in [-0.05, 0) is 39.0 Å². The van der Waals surface area contributed by atoms with E-state index in [2.05, 4.69) is 4.98 Å². The minimum Gasteiger partial charge on any atom is -0.457 e. The number of esters is 1. The summed E-state index contributed by atoms with van der Waals surface area (Å²) < 4.78 is 42.7. The highest BCUT2D eigenvalue weighted by Crippen LogP contribution is 2.31. The average Bonchev–Trinajstić information content (AvgIpc) is 2.22. The van der Waals surface area contributed by atoms with E-state index in [1.165, 1.54) is 0 Å². The normalized spacial score (nSPS) is 12.8. The largest absolute Gasteiger partial charge is 0.457 e. The Bertz CT molecular complexity index is 533. The van der Waals surface area contributed by atoms with Crippen molar-refractivity contribution in [1.82, 2.24) is 4.98 Å². The maximum absolute atomic E-state index is 12.6. The quantitative estimate of drug-likeness (QED) is 0.469. The molecule has 0 saturated heterocycles. The molecule has 0 fully saturated rings. The van der Waals surface area contributed by atoms with Gasteiger partial charge in [-0.25, -0.2) is 9.78 Å². The van der Waals surface area contributed by atoms with E-state index < -0.39 is 23.3 Å². The molecule has 0 aliphatic carbocycles. The number of hydrogen-bond donors (Lipinski definition) is 0. The maximum atomic E-state index is 12.6. The topological polar surface area (TPSA) is 39.2 Å².